The maximum Gasteiger partial charge on any atom is 0.264 e. The summed E-state index contributed by atoms with van der Waals surface area (Å²) in [4.78, 5) is 0.134. The molecule has 1 aromatic heterocycles. The van der Waals surface area contributed by atoms with Gasteiger partial charge in [-0.3, -0.25) is 4.31 Å². The van der Waals surface area contributed by atoms with Crippen molar-refractivity contribution in [1.82, 2.24) is 14.8 Å². The van der Waals surface area contributed by atoms with Crippen LogP contribution in [0, 0.1) is 5.82 Å². The van der Waals surface area contributed by atoms with E-state index in [1.807, 2.05) is 13.8 Å². The number of sulfonamides is 1. The molecule has 3 rings (SSSR count). The number of anilines is 1. The molecule has 0 atom stereocenters. The van der Waals surface area contributed by atoms with Gasteiger partial charge in [0.1, 0.15) is 11.6 Å². The van der Waals surface area contributed by atoms with Crippen molar-refractivity contribution < 1.29 is 12.8 Å². The van der Waals surface area contributed by atoms with Gasteiger partial charge in [-0.05, 0) is 24.6 Å². The van der Waals surface area contributed by atoms with E-state index < -0.39 is 15.8 Å². The van der Waals surface area contributed by atoms with Gasteiger partial charge >= 0.3 is 0 Å². The van der Waals surface area contributed by atoms with E-state index in [4.69, 9.17) is 11.6 Å². The van der Waals surface area contributed by atoms with Gasteiger partial charge in [0.25, 0.3) is 10.0 Å². The lowest BCUT2D eigenvalue weighted by atomic mass is 10.1. The fraction of sp³-hybridized carbons (Fsp3) is 0.333. The molecule has 9 heteroatoms. The summed E-state index contributed by atoms with van der Waals surface area (Å²) in [6.45, 7) is 4.10. The molecule has 0 spiro atoms. The van der Waals surface area contributed by atoms with Crippen molar-refractivity contribution in [3.05, 3.63) is 59.1 Å². The van der Waals surface area contributed by atoms with E-state index in [1.54, 1.807) is 29.8 Å². The third-order valence-corrected chi connectivity index (χ3v) is 6.99. The highest BCUT2D eigenvalue weighted by molar-refractivity contribution is 7.92. The molecule has 0 aliphatic heterocycles. The van der Waals surface area contributed by atoms with Gasteiger partial charge in [-0.25, -0.2) is 12.8 Å². The molecule has 0 aliphatic carbocycles. The van der Waals surface area contributed by atoms with Gasteiger partial charge in [0, 0.05) is 31.6 Å². The number of rotatable bonds is 8. The average Bonchev–Trinajstić information content (AvgIpc) is 3.11. The first-order chi connectivity index (χ1) is 14.3. The second-order valence-corrected chi connectivity index (χ2v) is 9.15. The molecular formula is C21H24ClFN4O2S. The number of halogens is 2. The number of aromatic nitrogens is 3. The van der Waals surface area contributed by atoms with E-state index in [1.165, 1.54) is 22.5 Å². The zero-order chi connectivity index (χ0) is 21.9. The van der Waals surface area contributed by atoms with Crippen LogP contribution in [0.4, 0.5) is 10.1 Å². The summed E-state index contributed by atoms with van der Waals surface area (Å²) in [5.74, 6) is 0.453. The molecule has 0 saturated heterocycles. The molecule has 0 N–H and O–H groups in total. The third-order valence-electron chi connectivity index (χ3n) is 4.88. The first-order valence-electron chi connectivity index (χ1n) is 9.76. The van der Waals surface area contributed by atoms with Crippen molar-refractivity contribution >= 4 is 27.3 Å². The molecule has 0 amide bonds. The van der Waals surface area contributed by atoms with Crippen molar-refractivity contribution in [2.75, 3.05) is 10.8 Å². The molecule has 6 nitrogen and oxygen atoms in total. The molecule has 0 fully saturated rings. The van der Waals surface area contributed by atoms with E-state index in [9.17, 15) is 12.8 Å². The topological polar surface area (TPSA) is 68.1 Å². The highest BCUT2D eigenvalue weighted by atomic mass is 35.5. The normalized spacial score (nSPS) is 11.6. The highest BCUT2D eigenvalue weighted by Gasteiger charge is 2.29. The van der Waals surface area contributed by atoms with Crippen LogP contribution in [-0.2, 0) is 23.5 Å². The summed E-state index contributed by atoms with van der Waals surface area (Å²) >= 11 is 6.07. The van der Waals surface area contributed by atoms with Crippen LogP contribution in [0.3, 0.4) is 0 Å². The van der Waals surface area contributed by atoms with E-state index in [0.717, 1.165) is 18.3 Å². The van der Waals surface area contributed by atoms with Crippen LogP contribution in [0.2, 0.25) is 5.02 Å². The maximum absolute atomic E-state index is 14.5. The quantitative estimate of drug-likeness (QED) is 0.492. The van der Waals surface area contributed by atoms with Crippen molar-refractivity contribution in [2.45, 2.75) is 38.0 Å². The average molecular weight is 451 g/mol. The van der Waals surface area contributed by atoms with Crippen LogP contribution in [0.5, 0.6) is 0 Å². The van der Waals surface area contributed by atoms with Crippen molar-refractivity contribution in [3.63, 3.8) is 0 Å². The molecule has 2 aromatic carbocycles. The number of nitrogens with zero attached hydrogens (tertiary/aromatic N) is 4. The zero-order valence-electron chi connectivity index (χ0n) is 17.1. The SMILES string of the molecule is CCCCN(c1cc(F)c(Cl)cc1-c1nnc(CC)n1C)S(=O)(=O)c1ccccc1. The van der Waals surface area contributed by atoms with Gasteiger partial charge in [-0.15, -0.1) is 10.2 Å². The summed E-state index contributed by atoms with van der Waals surface area (Å²) in [6, 6.07) is 10.7. The molecule has 160 valence electrons. The molecular weight excluding hydrogens is 427 g/mol. The Bertz CT molecular complexity index is 1130. The molecule has 0 radical (unpaired) electrons. The summed E-state index contributed by atoms with van der Waals surface area (Å²) in [5.41, 5.74) is 0.596. The van der Waals surface area contributed by atoms with Gasteiger partial charge in [-0.2, -0.15) is 0 Å². The smallest absolute Gasteiger partial charge is 0.264 e. The number of unbranched alkanes of at least 4 members (excludes halogenated alkanes) is 1. The lowest BCUT2D eigenvalue weighted by Crippen LogP contribution is -2.32. The fourth-order valence-corrected chi connectivity index (χ4v) is 4.92. The summed E-state index contributed by atoms with van der Waals surface area (Å²) < 4.78 is 44.5. The summed E-state index contributed by atoms with van der Waals surface area (Å²) in [6.07, 6.45) is 2.03. The second-order valence-electron chi connectivity index (χ2n) is 6.88. The predicted molar refractivity (Wildman–Crippen MR) is 117 cm³/mol. The van der Waals surface area contributed by atoms with Gasteiger partial charge in [-0.1, -0.05) is 50.1 Å². The Kier molecular flexibility index (Phi) is 6.77. The highest BCUT2D eigenvalue weighted by Crippen LogP contribution is 2.37. The first kappa shape index (κ1) is 22.2. The fourth-order valence-electron chi connectivity index (χ4n) is 3.22. The first-order valence-corrected chi connectivity index (χ1v) is 11.6. The van der Waals surface area contributed by atoms with Crippen LogP contribution in [0.1, 0.15) is 32.5 Å². The number of hydrogen-bond donors (Lipinski definition) is 0. The minimum Gasteiger partial charge on any atom is -0.314 e. The third kappa shape index (κ3) is 4.20. The minimum atomic E-state index is -3.93. The van der Waals surface area contributed by atoms with Gasteiger partial charge in [0.2, 0.25) is 0 Å². The van der Waals surface area contributed by atoms with Crippen LogP contribution < -0.4 is 4.31 Å². The molecule has 0 bridgehead atoms. The maximum atomic E-state index is 14.5. The monoisotopic (exact) mass is 450 g/mol. The van der Waals surface area contributed by atoms with Gasteiger partial charge in [0.15, 0.2) is 5.82 Å². The number of benzene rings is 2. The van der Waals surface area contributed by atoms with Crippen LogP contribution in [0.15, 0.2) is 47.4 Å². The zero-order valence-corrected chi connectivity index (χ0v) is 18.7. The number of hydrogen-bond acceptors (Lipinski definition) is 4. The largest absolute Gasteiger partial charge is 0.314 e. The summed E-state index contributed by atoms with van der Waals surface area (Å²) in [7, 11) is -2.14. The van der Waals surface area contributed by atoms with E-state index >= 15 is 0 Å². The van der Waals surface area contributed by atoms with Crippen molar-refractivity contribution in [3.8, 4) is 11.4 Å². The minimum absolute atomic E-state index is 0.109. The summed E-state index contributed by atoms with van der Waals surface area (Å²) in [5, 5.41) is 8.26. The standard InChI is InChI=1S/C21H24ClFN4O2S/c1-4-6-12-27(30(28,29)15-10-8-7-9-11-15)19-14-18(23)17(22)13-16(19)21-25-24-20(5-2)26(21)3/h7-11,13-14H,4-6,12H2,1-3H3. The molecule has 30 heavy (non-hydrogen) atoms. The van der Waals surface area contributed by atoms with E-state index in [-0.39, 0.29) is 22.2 Å². The molecule has 3 aromatic rings. The Morgan fingerprint density at radius 3 is 2.43 bits per heavy atom. The molecule has 0 aliphatic rings. The number of aryl methyl sites for hydroxylation is 1. The van der Waals surface area contributed by atoms with Crippen molar-refractivity contribution in [1.29, 1.82) is 0 Å². The Morgan fingerprint density at radius 2 is 1.83 bits per heavy atom. The van der Waals surface area contributed by atoms with Crippen LogP contribution in [0.25, 0.3) is 11.4 Å². The molecule has 0 unspecified atom stereocenters. The lowest BCUT2D eigenvalue weighted by Gasteiger charge is -2.27. The van der Waals surface area contributed by atoms with Crippen molar-refractivity contribution in [2.24, 2.45) is 7.05 Å². The lowest BCUT2D eigenvalue weighted by molar-refractivity contribution is 0.588. The van der Waals surface area contributed by atoms with Crippen LogP contribution >= 0.6 is 11.6 Å². The Labute approximate surface area is 181 Å². The van der Waals surface area contributed by atoms with Gasteiger partial charge in [0.05, 0.1) is 15.6 Å². The Balaban J connectivity index is 2.25. The van der Waals surface area contributed by atoms with Crippen LogP contribution in [-0.4, -0.2) is 29.7 Å². The Hall–Kier alpha value is -2.45. The van der Waals surface area contributed by atoms with E-state index in [2.05, 4.69) is 10.2 Å². The Morgan fingerprint density at radius 1 is 1.13 bits per heavy atom. The predicted octanol–water partition coefficient (Wildman–Crippen LogP) is 4.83. The van der Waals surface area contributed by atoms with Gasteiger partial charge < -0.3 is 4.57 Å². The molecule has 1 heterocycles. The van der Waals surface area contributed by atoms with E-state index in [0.29, 0.717) is 24.2 Å². The molecule has 0 saturated carbocycles. The second kappa shape index (κ2) is 9.14.